The van der Waals surface area contributed by atoms with Crippen LogP contribution in [-0.4, -0.2) is 54.5 Å². The second-order valence-electron chi connectivity index (χ2n) is 10.1. The summed E-state index contributed by atoms with van der Waals surface area (Å²) in [6.07, 6.45) is 0.555. The normalized spacial score (nSPS) is 21.5. The van der Waals surface area contributed by atoms with Crippen LogP contribution in [0.4, 0.5) is 4.79 Å². The Kier molecular flexibility index (Phi) is 7.49. The minimum absolute atomic E-state index is 0.107. The standard InChI is InChI=1S/C21H32BNO4.C2H4O2/c1-14-11-15-9-10-17(22-26-20(5,6)21(7,8)27-22)12-16(15)13-23(14)18(24)25-19(2,3)4;1-4-2-3/h9-10,12,14H,11,13H2,1-8H3;2H,1H3/t14-;/m1./s1. The number of hydrogen-bond acceptors (Lipinski definition) is 6. The van der Waals surface area contributed by atoms with Gasteiger partial charge in [0.2, 0.25) is 0 Å². The third-order valence-electron chi connectivity index (χ3n) is 5.87. The molecule has 0 saturated carbocycles. The molecule has 1 fully saturated rings. The fourth-order valence-corrected chi connectivity index (χ4v) is 3.45. The molecule has 1 atom stereocenters. The summed E-state index contributed by atoms with van der Waals surface area (Å²) < 4.78 is 21.8. The molecule has 0 aromatic heterocycles. The molecule has 31 heavy (non-hydrogen) atoms. The lowest BCUT2D eigenvalue weighted by molar-refractivity contribution is -0.126. The third kappa shape index (κ3) is 6.01. The number of ether oxygens (including phenoxy) is 2. The maximum absolute atomic E-state index is 12.6. The van der Waals surface area contributed by atoms with Gasteiger partial charge in [0.05, 0.1) is 18.3 Å². The van der Waals surface area contributed by atoms with Crippen LogP contribution in [0, 0.1) is 0 Å². The van der Waals surface area contributed by atoms with Crippen LogP contribution in [0.3, 0.4) is 0 Å². The second-order valence-corrected chi connectivity index (χ2v) is 10.1. The Labute approximate surface area is 186 Å². The summed E-state index contributed by atoms with van der Waals surface area (Å²) in [7, 11) is 0.919. The van der Waals surface area contributed by atoms with Gasteiger partial charge in [-0.25, -0.2) is 4.79 Å². The molecule has 172 valence electrons. The minimum Gasteiger partial charge on any atom is -0.471 e. The molecule has 1 aromatic rings. The van der Waals surface area contributed by atoms with Crippen molar-refractivity contribution in [2.45, 2.75) is 91.2 Å². The molecule has 0 aliphatic carbocycles. The number of carbonyl (C=O) groups is 2. The summed E-state index contributed by atoms with van der Waals surface area (Å²) in [5, 5.41) is 0. The fourth-order valence-electron chi connectivity index (χ4n) is 3.45. The smallest absolute Gasteiger partial charge is 0.471 e. The van der Waals surface area contributed by atoms with Gasteiger partial charge in [0.1, 0.15) is 5.60 Å². The predicted octanol–water partition coefficient (Wildman–Crippen LogP) is 3.46. The van der Waals surface area contributed by atoms with E-state index >= 15 is 0 Å². The SMILES string of the molecule is COC=O.C[C@@H]1Cc2ccc(B3OC(C)(C)C(C)(C)O3)cc2CN1C(=O)OC(C)(C)C. The van der Waals surface area contributed by atoms with E-state index in [1.807, 2.05) is 25.7 Å². The predicted molar refractivity (Wildman–Crippen MR) is 120 cm³/mol. The summed E-state index contributed by atoms with van der Waals surface area (Å²) in [5.41, 5.74) is 2.15. The van der Waals surface area contributed by atoms with Gasteiger partial charge in [0, 0.05) is 12.6 Å². The van der Waals surface area contributed by atoms with Crippen molar-refractivity contribution in [3.05, 3.63) is 29.3 Å². The topological polar surface area (TPSA) is 74.3 Å². The molecular formula is C23H36BNO6. The molecule has 1 saturated heterocycles. The number of benzene rings is 1. The summed E-state index contributed by atoms with van der Waals surface area (Å²) >= 11 is 0. The van der Waals surface area contributed by atoms with Gasteiger partial charge in [-0.15, -0.1) is 0 Å². The summed E-state index contributed by atoms with van der Waals surface area (Å²) in [5.74, 6) is 0. The molecule has 2 aliphatic rings. The molecule has 7 nitrogen and oxygen atoms in total. The van der Waals surface area contributed by atoms with Gasteiger partial charge < -0.3 is 23.7 Å². The Morgan fingerprint density at radius 1 is 1.16 bits per heavy atom. The highest BCUT2D eigenvalue weighted by atomic mass is 16.7. The highest BCUT2D eigenvalue weighted by Crippen LogP contribution is 2.36. The number of rotatable bonds is 2. The highest BCUT2D eigenvalue weighted by molar-refractivity contribution is 6.62. The number of fused-ring (bicyclic) bond motifs is 1. The van der Waals surface area contributed by atoms with Crippen molar-refractivity contribution in [3.63, 3.8) is 0 Å². The molecule has 1 aromatic carbocycles. The fraction of sp³-hybridized carbons (Fsp3) is 0.652. The monoisotopic (exact) mass is 433 g/mol. The molecule has 2 aliphatic heterocycles. The van der Waals surface area contributed by atoms with Crippen LogP contribution >= 0.6 is 0 Å². The Bertz CT molecular complexity index is 786. The first kappa shape index (κ1) is 25.2. The molecule has 0 bridgehead atoms. The van der Waals surface area contributed by atoms with Crippen LogP contribution in [0.5, 0.6) is 0 Å². The first-order valence-corrected chi connectivity index (χ1v) is 10.6. The minimum atomic E-state index is -0.498. The van der Waals surface area contributed by atoms with E-state index in [0.717, 1.165) is 17.4 Å². The Hall–Kier alpha value is -2.06. The Morgan fingerprint density at radius 2 is 1.71 bits per heavy atom. The summed E-state index contributed by atoms with van der Waals surface area (Å²) in [6.45, 7) is 16.9. The van der Waals surface area contributed by atoms with Crippen molar-refractivity contribution in [2.75, 3.05) is 7.11 Å². The van der Waals surface area contributed by atoms with E-state index in [9.17, 15) is 4.79 Å². The van der Waals surface area contributed by atoms with Crippen LogP contribution in [0.25, 0.3) is 0 Å². The molecular weight excluding hydrogens is 397 g/mol. The van der Waals surface area contributed by atoms with Crippen molar-refractivity contribution in [1.82, 2.24) is 4.90 Å². The quantitative estimate of drug-likeness (QED) is 0.526. The first-order chi connectivity index (χ1) is 14.2. The van der Waals surface area contributed by atoms with Crippen molar-refractivity contribution in [2.24, 2.45) is 0 Å². The number of nitrogens with zero attached hydrogens (tertiary/aromatic N) is 1. The lowest BCUT2D eigenvalue weighted by atomic mass is 9.76. The van der Waals surface area contributed by atoms with E-state index in [-0.39, 0.29) is 23.3 Å². The molecule has 0 spiro atoms. The number of hydrogen-bond donors (Lipinski definition) is 0. The van der Waals surface area contributed by atoms with Crippen LogP contribution in [0.1, 0.15) is 66.5 Å². The third-order valence-corrected chi connectivity index (χ3v) is 5.87. The molecule has 0 unspecified atom stereocenters. The zero-order valence-electron chi connectivity index (χ0n) is 20.3. The van der Waals surface area contributed by atoms with E-state index in [1.54, 1.807) is 0 Å². The maximum Gasteiger partial charge on any atom is 0.494 e. The van der Waals surface area contributed by atoms with Crippen LogP contribution in [0.2, 0.25) is 0 Å². The Morgan fingerprint density at radius 3 is 2.19 bits per heavy atom. The van der Waals surface area contributed by atoms with Gasteiger partial charge >= 0.3 is 13.2 Å². The van der Waals surface area contributed by atoms with Crippen molar-refractivity contribution < 1.29 is 28.4 Å². The maximum atomic E-state index is 12.6. The molecule has 1 amide bonds. The number of amides is 1. The van der Waals surface area contributed by atoms with E-state index in [4.69, 9.17) is 18.8 Å². The zero-order valence-corrected chi connectivity index (χ0v) is 20.3. The number of methoxy groups -OCH3 is 1. The van der Waals surface area contributed by atoms with Gasteiger partial charge in [0.25, 0.3) is 6.47 Å². The average molecular weight is 433 g/mol. The average Bonchev–Trinajstić information content (AvgIpc) is 2.87. The van der Waals surface area contributed by atoms with E-state index < -0.39 is 12.7 Å². The van der Waals surface area contributed by atoms with Gasteiger partial charge in [-0.05, 0) is 78.4 Å². The van der Waals surface area contributed by atoms with Crippen LogP contribution in [0.15, 0.2) is 18.2 Å². The first-order valence-electron chi connectivity index (χ1n) is 10.6. The van der Waals surface area contributed by atoms with Gasteiger partial charge in [-0.2, -0.15) is 0 Å². The van der Waals surface area contributed by atoms with Crippen molar-refractivity contribution >= 4 is 25.1 Å². The van der Waals surface area contributed by atoms with Gasteiger partial charge in [-0.1, -0.05) is 18.2 Å². The second kappa shape index (κ2) is 9.21. The molecule has 2 heterocycles. The lowest BCUT2D eigenvalue weighted by Crippen LogP contribution is -2.45. The summed E-state index contributed by atoms with van der Waals surface area (Å²) in [6, 6.07) is 6.44. The van der Waals surface area contributed by atoms with E-state index in [2.05, 4.69) is 57.6 Å². The lowest BCUT2D eigenvalue weighted by Gasteiger charge is -2.36. The van der Waals surface area contributed by atoms with Crippen molar-refractivity contribution in [3.8, 4) is 0 Å². The molecule has 3 rings (SSSR count). The van der Waals surface area contributed by atoms with E-state index in [1.165, 1.54) is 12.7 Å². The van der Waals surface area contributed by atoms with Crippen molar-refractivity contribution in [1.29, 1.82) is 0 Å². The largest absolute Gasteiger partial charge is 0.494 e. The molecule has 0 radical (unpaired) electrons. The van der Waals surface area contributed by atoms with Gasteiger partial charge in [-0.3, -0.25) is 4.79 Å². The van der Waals surface area contributed by atoms with Crippen LogP contribution in [-0.2, 0) is 36.5 Å². The molecule has 0 N–H and O–H groups in total. The Balaban J connectivity index is 0.000000785. The van der Waals surface area contributed by atoms with E-state index in [0.29, 0.717) is 13.0 Å². The van der Waals surface area contributed by atoms with Gasteiger partial charge in [0.15, 0.2) is 0 Å². The number of carbonyl (C=O) groups excluding carboxylic acids is 2. The highest BCUT2D eigenvalue weighted by Gasteiger charge is 2.51. The van der Waals surface area contributed by atoms with Crippen LogP contribution < -0.4 is 5.46 Å². The molecule has 8 heteroatoms. The summed E-state index contributed by atoms with van der Waals surface area (Å²) in [4.78, 5) is 23.4. The zero-order chi connectivity index (χ0) is 23.6.